The molecule has 0 radical (unpaired) electrons. The van der Waals surface area contributed by atoms with Crippen molar-refractivity contribution < 1.29 is 29.0 Å². The zero-order valence-electron chi connectivity index (χ0n) is 17.6. The fourth-order valence-corrected chi connectivity index (χ4v) is 3.91. The lowest BCUT2D eigenvalue weighted by Gasteiger charge is -2.12. The van der Waals surface area contributed by atoms with E-state index in [2.05, 4.69) is 4.99 Å². The largest absolute Gasteiger partial charge is 0.482 e. The highest BCUT2D eigenvalue weighted by Gasteiger charge is 2.32. The minimum Gasteiger partial charge on any atom is -0.482 e. The number of carboxylic acid groups (broad SMARTS) is 1. The first-order valence-electron chi connectivity index (χ1n) is 9.93. The summed E-state index contributed by atoms with van der Waals surface area (Å²) in [6, 6.07) is 13.2. The number of benzene rings is 2. The molecule has 2 aromatic rings. The maximum atomic E-state index is 12.8. The maximum absolute atomic E-state index is 12.8. The smallest absolute Gasteiger partial charge is 0.344 e. The van der Waals surface area contributed by atoms with Gasteiger partial charge in [-0.1, -0.05) is 18.2 Å². The van der Waals surface area contributed by atoms with Crippen molar-refractivity contribution in [2.75, 3.05) is 19.8 Å². The number of nitrogens with zero attached hydrogens (tertiary/aromatic N) is 2. The zero-order chi connectivity index (χ0) is 23.1. The highest BCUT2D eigenvalue weighted by molar-refractivity contribution is 8.18. The van der Waals surface area contributed by atoms with Crippen LogP contribution in [0.3, 0.4) is 0 Å². The standard InChI is InChI=1S/C23H22N2O6S/c1-3-25-21(27)19(32-23(25)24-17-7-5-6-16(13-17)22(28)29)12-15-8-10-18(11-9-15)31-14-20(26)30-4-2/h5-13H,3-4,14H2,1-2H3,(H,28,29)/b19-12+,24-23?. The lowest BCUT2D eigenvalue weighted by Crippen LogP contribution is -2.28. The highest BCUT2D eigenvalue weighted by atomic mass is 32.2. The van der Waals surface area contributed by atoms with Crippen molar-refractivity contribution in [1.29, 1.82) is 0 Å². The summed E-state index contributed by atoms with van der Waals surface area (Å²) < 4.78 is 10.2. The van der Waals surface area contributed by atoms with E-state index in [0.717, 1.165) is 5.56 Å². The fourth-order valence-electron chi connectivity index (χ4n) is 2.85. The number of likely N-dealkylation sites (N-methyl/N-ethyl adjacent to an activating group) is 1. The molecule has 3 rings (SSSR count). The molecule has 1 aliphatic heterocycles. The first kappa shape index (κ1) is 23.1. The number of hydrogen-bond donors (Lipinski definition) is 1. The Balaban J connectivity index is 1.76. The van der Waals surface area contributed by atoms with Gasteiger partial charge in [-0.15, -0.1) is 0 Å². The number of thioether (sulfide) groups is 1. The predicted octanol–water partition coefficient (Wildman–Crippen LogP) is 3.95. The number of esters is 1. The topological polar surface area (TPSA) is 106 Å². The summed E-state index contributed by atoms with van der Waals surface area (Å²) in [6.45, 7) is 4.13. The van der Waals surface area contributed by atoms with Crippen molar-refractivity contribution in [1.82, 2.24) is 4.90 Å². The van der Waals surface area contributed by atoms with Gasteiger partial charge in [-0.05, 0) is 67.6 Å². The van der Waals surface area contributed by atoms with Crippen LogP contribution in [0.2, 0.25) is 0 Å². The molecule has 0 atom stereocenters. The van der Waals surface area contributed by atoms with Gasteiger partial charge < -0.3 is 14.6 Å². The van der Waals surface area contributed by atoms with E-state index < -0.39 is 11.9 Å². The van der Waals surface area contributed by atoms with Crippen molar-refractivity contribution in [3.8, 4) is 5.75 Å². The van der Waals surface area contributed by atoms with Crippen molar-refractivity contribution in [2.45, 2.75) is 13.8 Å². The lowest BCUT2D eigenvalue weighted by molar-refractivity contribution is -0.145. The monoisotopic (exact) mass is 454 g/mol. The van der Waals surface area contributed by atoms with Crippen LogP contribution < -0.4 is 4.74 Å². The van der Waals surface area contributed by atoms with Gasteiger partial charge in [0.15, 0.2) is 11.8 Å². The van der Waals surface area contributed by atoms with Crippen LogP contribution in [0.15, 0.2) is 58.4 Å². The Morgan fingerprint density at radius 3 is 2.56 bits per heavy atom. The summed E-state index contributed by atoms with van der Waals surface area (Å²) in [5.74, 6) is -1.13. The van der Waals surface area contributed by atoms with E-state index in [-0.39, 0.29) is 18.1 Å². The Morgan fingerprint density at radius 2 is 1.91 bits per heavy atom. The third kappa shape index (κ3) is 5.76. The number of amides is 1. The van der Waals surface area contributed by atoms with E-state index >= 15 is 0 Å². The molecular weight excluding hydrogens is 432 g/mol. The Labute approximate surface area is 189 Å². The molecule has 0 aliphatic carbocycles. The van der Waals surface area contributed by atoms with Crippen LogP contribution in [0.5, 0.6) is 5.75 Å². The second-order valence-electron chi connectivity index (χ2n) is 6.57. The molecule has 2 aromatic carbocycles. The van der Waals surface area contributed by atoms with E-state index in [1.165, 1.54) is 23.9 Å². The predicted molar refractivity (Wildman–Crippen MR) is 122 cm³/mol. The first-order chi connectivity index (χ1) is 15.4. The Morgan fingerprint density at radius 1 is 1.16 bits per heavy atom. The summed E-state index contributed by atoms with van der Waals surface area (Å²) in [6.07, 6.45) is 1.75. The van der Waals surface area contributed by atoms with Crippen LogP contribution in [0.4, 0.5) is 5.69 Å². The minimum atomic E-state index is -1.04. The SMILES string of the molecule is CCOC(=O)COc1ccc(/C=C2/SC(=Nc3cccc(C(=O)O)c3)N(CC)C2=O)cc1. The van der Waals surface area contributed by atoms with Crippen LogP contribution in [-0.4, -0.2) is 52.8 Å². The van der Waals surface area contributed by atoms with Crippen LogP contribution in [0.1, 0.15) is 29.8 Å². The molecule has 166 valence electrons. The Hall–Kier alpha value is -3.59. The average Bonchev–Trinajstić information content (AvgIpc) is 3.07. The second-order valence-corrected chi connectivity index (χ2v) is 7.58. The number of carbonyl (C=O) groups excluding carboxylic acids is 2. The molecule has 1 heterocycles. The molecule has 0 bridgehead atoms. The summed E-state index contributed by atoms with van der Waals surface area (Å²) in [4.78, 5) is 41.9. The Kier molecular flexibility index (Phi) is 7.67. The molecule has 0 spiro atoms. The van der Waals surface area contributed by atoms with Crippen molar-refractivity contribution in [3.05, 3.63) is 64.6 Å². The third-order valence-electron chi connectivity index (χ3n) is 4.36. The molecule has 1 aliphatic rings. The normalized spacial score (nSPS) is 15.9. The number of amidine groups is 1. The molecule has 32 heavy (non-hydrogen) atoms. The maximum Gasteiger partial charge on any atom is 0.344 e. The van der Waals surface area contributed by atoms with Gasteiger partial charge in [0.1, 0.15) is 5.75 Å². The number of aliphatic imine (C=N–C) groups is 1. The highest BCUT2D eigenvalue weighted by Crippen LogP contribution is 2.34. The lowest BCUT2D eigenvalue weighted by atomic mass is 10.2. The third-order valence-corrected chi connectivity index (χ3v) is 5.37. The first-order valence-corrected chi connectivity index (χ1v) is 10.7. The van der Waals surface area contributed by atoms with Crippen molar-refractivity contribution in [2.24, 2.45) is 4.99 Å². The van der Waals surface area contributed by atoms with Crippen molar-refractivity contribution >= 4 is 46.5 Å². The van der Waals surface area contributed by atoms with Gasteiger partial charge in [-0.25, -0.2) is 14.6 Å². The van der Waals surface area contributed by atoms with Crippen LogP contribution >= 0.6 is 11.8 Å². The van der Waals surface area contributed by atoms with Crippen LogP contribution in [-0.2, 0) is 14.3 Å². The number of hydrogen-bond acceptors (Lipinski definition) is 7. The number of carboxylic acids is 1. The molecule has 1 amide bonds. The van der Waals surface area contributed by atoms with Gasteiger partial charge in [0.25, 0.3) is 5.91 Å². The summed E-state index contributed by atoms with van der Waals surface area (Å²) in [7, 11) is 0. The molecule has 1 saturated heterocycles. The second kappa shape index (κ2) is 10.6. The quantitative estimate of drug-likeness (QED) is 0.475. The molecule has 9 heteroatoms. The molecule has 0 unspecified atom stereocenters. The zero-order valence-corrected chi connectivity index (χ0v) is 18.4. The van der Waals surface area contributed by atoms with Crippen molar-refractivity contribution in [3.63, 3.8) is 0 Å². The number of ether oxygens (including phenoxy) is 2. The Bertz CT molecular complexity index is 1080. The number of aromatic carboxylic acids is 1. The summed E-state index contributed by atoms with van der Waals surface area (Å²) in [5, 5.41) is 9.65. The minimum absolute atomic E-state index is 0.130. The number of carbonyl (C=O) groups is 3. The molecule has 1 N–H and O–H groups in total. The van der Waals surface area contributed by atoms with Crippen LogP contribution in [0, 0.1) is 0 Å². The molecule has 1 fully saturated rings. The van der Waals surface area contributed by atoms with Gasteiger partial charge in [0.2, 0.25) is 0 Å². The van der Waals surface area contributed by atoms with E-state index in [0.29, 0.717) is 34.7 Å². The van der Waals surface area contributed by atoms with E-state index in [1.54, 1.807) is 54.3 Å². The van der Waals surface area contributed by atoms with Crippen LogP contribution in [0.25, 0.3) is 6.08 Å². The molecule has 8 nitrogen and oxygen atoms in total. The van der Waals surface area contributed by atoms with Gasteiger partial charge in [-0.3, -0.25) is 9.69 Å². The molecule has 0 saturated carbocycles. The molecular formula is C23H22N2O6S. The van der Waals surface area contributed by atoms with E-state index in [1.807, 2.05) is 6.92 Å². The fraction of sp³-hybridized carbons (Fsp3) is 0.217. The van der Waals surface area contributed by atoms with Gasteiger partial charge >= 0.3 is 11.9 Å². The number of rotatable bonds is 8. The summed E-state index contributed by atoms with van der Waals surface area (Å²) >= 11 is 1.23. The van der Waals surface area contributed by atoms with Gasteiger partial charge in [0, 0.05) is 6.54 Å². The average molecular weight is 455 g/mol. The van der Waals surface area contributed by atoms with E-state index in [4.69, 9.17) is 14.6 Å². The molecule has 0 aromatic heterocycles. The van der Waals surface area contributed by atoms with E-state index in [9.17, 15) is 14.4 Å². The summed E-state index contributed by atoms with van der Waals surface area (Å²) in [5.41, 5.74) is 1.38. The van der Waals surface area contributed by atoms with Gasteiger partial charge in [0.05, 0.1) is 22.8 Å². The van der Waals surface area contributed by atoms with Gasteiger partial charge in [-0.2, -0.15) is 0 Å².